The Hall–Kier alpha value is -1.51. The summed E-state index contributed by atoms with van der Waals surface area (Å²) in [6.45, 7) is 1.09. The van der Waals surface area contributed by atoms with Gasteiger partial charge in [0.1, 0.15) is 0 Å². The van der Waals surface area contributed by atoms with Gasteiger partial charge in [-0.05, 0) is 36.5 Å². The molecule has 0 saturated heterocycles. The first kappa shape index (κ1) is 11.0. The molecule has 0 aliphatic carbocycles. The van der Waals surface area contributed by atoms with Gasteiger partial charge in [-0.3, -0.25) is 4.79 Å². The van der Waals surface area contributed by atoms with Gasteiger partial charge >= 0.3 is 5.97 Å². The van der Waals surface area contributed by atoms with Crippen LogP contribution < -0.4 is 4.90 Å². The number of hydrogen-bond donors (Lipinski definition) is 1. The zero-order valence-corrected chi connectivity index (χ0v) is 9.57. The number of rotatable bonds is 3. The Bertz CT molecular complexity index is 401. The summed E-state index contributed by atoms with van der Waals surface area (Å²) in [5.74, 6) is -0.721. The van der Waals surface area contributed by atoms with Gasteiger partial charge in [0.05, 0.1) is 0 Å². The molecule has 1 aromatic carbocycles. The van der Waals surface area contributed by atoms with Gasteiger partial charge in [-0.25, -0.2) is 0 Å². The fraction of sp³-hybridized carbons (Fsp3) is 0.462. The third-order valence-corrected chi connectivity index (χ3v) is 3.19. The molecule has 0 bridgehead atoms. The fourth-order valence-electron chi connectivity index (χ4n) is 2.36. The number of aryl methyl sites for hydroxylation is 1. The van der Waals surface area contributed by atoms with Gasteiger partial charge in [0.25, 0.3) is 0 Å². The van der Waals surface area contributed by atoms with Crippen LogP contribution in [0.4, 0.5) is 5.69 Å². The van der Waals surface area contributed by atoms with Crippen molar-refractivity contribution < 1.29 is 9.90 Å². The van der Waals surface area contributed by atoms with E-state index < -0.39 is 5.97 Å². The summed E-state index contributed by atoms with van der Waals surface area (Å²) in [6.07, 6.45) is 3.11. The van der Waals surface area contributed by atoms with Crippen LogP contribution in [0, 0.1) is 0 Å². The number of aliphatic carboxylic acids is 1. The average Bonchev–Trinajstić information content (AvgIpc) is 2.27. The molecule has 1 aliphatic heterocycles. The number of nitrogens with zero attached hydrogens (tertiary/aromatic N) is 1. The van der Waals surface area contributed by atoms with Gasteiger partial charge in [-0.1, -0.05) is 12.1 Å². The molecule has 0 saturated carbocycles. The maximum absolute atomic E-state index is 10.6. The average molecular weight is 219 g/mol. The van der Waals surface area contributed by atoms with Crippen molar-refractivity contribution in [3.8, 4) is 0 Å². The van der Waals surface area contributed by atoms with E-state index in [4.69, 9.17) is 5.11 Å². The molecule has 0 atom stereocenters. The molecule has 1 aromatic rings. The molecule has 1 aliphatic rings. The number of hydrogen-bond acceptors (Lipinski definition) is 2. The van der Waals surface area contributed by atoms with Gasteiger partial charge in [0, 0.05) is 25.7 Å². The molecule has 0 fully saturated rings. The summed E-state index contributed by atoms with van der Waals surface area (Å²) in [7, 11) is 2.10. The topological polar surface area (TPSA) is 40.5 Å². The lowest BCUT2D eigenvalue weighted by atomic mass is 9.94. The second-order valence-corrected chi connectivity index (χ2v) is 4.33. The number of benzene rings is 1. The van der Waals surface area contributed by atoms with Crippen LogP contribution in [0.1, 0.15) is 24.0 Å². The molecule has 3 heteroatoms. The van der Waals surface area contributed by atoms with E-state index in [0.717, 1.165) is 19.4 Å². The van der Waals surface area contributed by atoms with Gasteiger partial charge < -0.3 is 10.0 Å². The first-order chi connectivity index (χ1) is 7.68. The molecular formula is C13H17NO2. The Labute approximate surface area is 95.7 Å². The van der Waals surface area contributed by atoms with E-state index in [1.807, 2.05) is 6.07 Å². The Morgan fingerprint density at radius 3 is 3.06 bits per heavy atom. The quantitative estimate of drug-likeness (QED) is 0.846. The van der Waals surface area contributed by atoms with Crippen LogP contribution in [0.2, 0.25) is 0 Å². The first-order valence-electron chi connectivity index (χ1n) is 5.72. The third-order valence-electron chi connectivity index (χ3n) is 3.19. The van der Waals surface area contributed by atoms with Crippen LogP contribution in [0.3, 0.4) is 0 Å². The number of fused-ring (bicyclic) bond motifs is 1. The lowest BCUT2D eigenvalue weighted by Gasteiger charge is -2.29. The highest BCUT2D eigenvalue weighted by atomic mass is 16.4. The van der Waals surface area contributed by atoms with Crippen LogP contribution in [0.15, 0.2) is 18.2 Å². The predicted octanol–water partition coefficient (Wildman–Crippen LogP) is 2.09. The van der Waals surface area contributed by atoms with Crippen molar-refractivity contribution in [2.45, 2.75) is 25.7 Å². The lowest BCUT2D eigenvalue weighted by molar-refractivity contribution is -0.136. The minimum atomic E-state index is -0.721. The monoisotopic (exact) mass is 219 g/mol. The van der Waals surface area contributed by atoms with E-state index in [1.165, 1.54) is 16.8 Å². The van der Waals surface area contributed by atoms with E-state index in [2.05, 4.69) is 24.1 Å². The molecule has 0 radical (unpaired) electrons. The highest BCUT2D eigenvalue weighted by Gasteiger charge is 2.16. The van der Waals surface area contributed by atoms with Crippen molar-refractivity contribution >= 4 is 11.7 Å². The molecule has 2 rings (SSSR count). The molecule has 86 valence electrons. The number of carboxylic acids is 1. The molecule has 0 aromatic heterocycles. The highest BCUT2D eigenvalue weighted by Crippen LogP contribution is 2.29. The van der Waals surface area contributed by atoms with Crippen molar-refractivity contribution in [2.75, 3.05) is 18.5 Å². The maximum Gasteiger partial charge on any atom is 0.303 e. The molecular weight excluding hydrogens is 202 g/mol. The van der Waals surface area contributed by atoms with Crippen molar-refractivity contribution in [1.82, 2.24) is 0 Å². The smallest absolute Gasteiger partial charge is 0.303 e. The van der Waals surface area contributed by atoms with E-state index in [-0.39, 0.29) is 6.42 Å². The van der Waals surface area contributed by atoms with Crippen molar-refractivity contribution in [1.29, 1.82) is 0 Å². The van der Waals surface area contributed by atoms with E-state index in [9.17, 15) is 4.79 Å². The SMILES string of the molecule is CN1CCCc2c(CCC(=O)O)cccc21. The summed E-state index contributed by atoms with van der Waals surface area (Å²) in [4.78, 5) is 12.8. The van der Waals surface area contributed by atoms with E-state index >= 15 is 0 Å². The molecule has 3 nitrogen and oxygen atoms in total. The van der Waals surface area contributed by atoms with Crippen molar-refractivity contribution in [2.24, 2.45) is 0 Å². The summed E-state index contributed by atoms with van der Waals surface area (Å²) in [5.41, 5.74) is 3.82. The summed E-state index contributed by atoms with van der Waals surface area (Å²) in [5, 5.41) is 8.72. The van der Waals surface area contributed by atoms with Gasteiger partial charge in [-0.15, -0.1) is 0 Å². The molecule has 16 heavy (non-hydrogen) atoms. The molecule has 0 amide bonds. The Morgan fingerprint density at radius 1 is 1.50 bits per heavy atom. The minimum Gasteiger partial charge on any atom is -0.481 e. The zero-order chi connectivity index (χ0) is 11.5. The summed E-state index contributed by atoms with van der Waals surface area (Å²) >= 11 is 0. The second-order valence-electron chi connectivity index (χ2n) is 4.33. The summed E-state index contributed by atoms with van der Waals surface area (Å²) in [6, 6.07) is 6.21. The fourth-order valence-corrected chi connectivity index (χ4v) is 2.36. The van der Waals surface area contributed by atoms with E-state index in [1.54, 1.807) is 0 Å². The lowest BCUT2D eigenvalue weighted by Crippen LogP contribution is -2.25. The second kappa shape index (κ2) is 4.56. The normalized spacial score (nSPS) is 14.7. The Balaban J connectivity index is 2.25. The van der Waals surface area contributed by atoms with Crippen molar-refractivity contribution in [3.05, 3.63) is 29.3 Å². The maximum atomic E-state index is 10.6. The summed E-state index contributed by atoms with van der Waals surface area (Å²) < 4.78 is 0. The molecule has 1 heterocycles. The zero-order valence-electron chi connectivity index (χ0n) is 9.57. The predicted molar refractivity (Wildman–Crippen MR) is 64.0 cm³/mol. The van der Waals surface area contributed by atoms with Crippen LogP contribution in [0.5, 0.6) is 0 Å². The number of carbonyl (C=O) groups is 1. The van der Waals surface area contributed by atoms with Crippen molar-refractivity contribution in [3.63, 3.8) is 0 Å². The number of carboxylic acid groups (broad SMARTS) is 1. The van der Waals surface area contributed by atoms with Crippen LogP contribution in [0.25, 0.3) is 0 Å². The van der Waals surface area contributed by atoms with Crippen LogP contribution >= 0.6 is 0 Å². The standard InChI is InChI=1S/C13H17NO2/c1-14-9-3-5-11-10(7-8-13(15)16)4-2-6-12(11)14/h2,4,6H,3,5,7-9H2,1H3,(H,15,16). The van der Waals surface area contributed by atoms with Gasteiger partial charge in [0.2, 0.25) is 0 Å². The first-order valence-corrected chi connectivity index (χ1v) is 5.72. The highest BCUT2D eigenvalue weighted by molar-refractivity contribution is 5.67. The van der Waals surface area contributed by atoms with Crippen LogP contribution in [-0.4, -0.2) is 24.7 Å². The Morgan fingerprint density at radius 2 is 2.31 bits per heavy atom. The van der Waals surface area contributed by atoms with Gasteiger partial charge in [-0.2, -0.15) is 0 Å². The third kappa shape index (κ3) is 2.18. The van der Waals surface area contributed by atoms with Crippen LogP contribution in [-0.2, 0) is 17.6 Å². The minimum absolute atomic E-state index is 0.222. The molecule has 0 unspecified atom stereocenters. The Kier molecular flexibility index (Phi) is 3.13. The largest absolute Gasteiger partial charge is 0.481 e. The molecule has 1 N–H and O–H groups in total. The van der Waals surface area contributed by atoms with E-state index in [0.29, 0.717) is 6.42 Å². The number of anilines is 1. The van der Waals surface area contributed by atoms with Gasteiger partial charge in [0.15, 0.2) is 0 Å². The molecule has 0 spiro atoms.